The van der Waals surface area contributed by atoms with Crippen molar-refractivity contribution in [2.24, 2.45) is 5.92 Å². The Kier molecular flexibility index (Phi) is 5.41. The number of nitrogens with one attached hydrogen (secondary N) is 2. The topological polar surface area (TPSA) is 70.7 Å². The highest BCUT2D eigenvalue weighted by molar-refractivity contribution is 6.31. The number of benzene rings is 1. The van der Waals surface area contributed by atoms with Crippen LogP contribution in [0, 0.1) is 5.92 Å². The van der Waals surface area contributed by atoms with E-state index < -0.39 is 0 Å². The quantitative estimate of drug-likeness (QED) is 0.574. The number of carbonyl (C=O) groups is 1. The number of pyridine rings is 1. The molecule has 1 aliphatic carbocycles. The molecule has 0 saturated heterocycles. The summed E-state index contributed by atoms with van der Waals surface area (Å²) in [5.74, 6) is 1.30. The summed E-state index contributed by atoms with van der Waals surface area (Å²) in [7, 11) is 0. The molecule has 1 aliphatic rings. The van der Waals surface area contributed by atoms with Gasteiger partial charge in [0, 0.05) is 22.3 Å². The van der Waals surface area contributed by atoms with Crippen molar-refractivity contribution >= 4 is 28.5 Å². The lowest BCUT2D eigenvalue weighted by Crippen LogP contribution is -2.25. The first kappa shape index (κ1) is 19.6. The standard InChI is InChI=1S/C23H25ClN4O/c1-3-23(22-27-18-8-7-17(24)13-20(18)28-22)10-9-16(14-23)12-15(2)26-21(29)19-6-4-5-11-25-19/h4-8,11,13,16H,2-3,9-10,12,14H2,1H3,(H,26,29)(H,27,28). The van der Waals surface area contributed by atoms with Gasteiger partial charge < -0.3 is 10.3 Å². The van der Waals surface area contributed by atoms with E-state index in [1.54, 1.807) is 24.4 Å². The van der Waals surface area contributed by atoms with Crippen LogP contribution >= 0.6 is 11.6 Å². The van der Waals surface area contributed by atoms with Crippen LogP contribution in [-0.4, -0.2) is 20.9 Å². The fourth-order valence-electron chi connectivity index (χ4n) is 4.47. The zero-order valence-electron chi connectivity index (χ0n) is 16.5. The fraction of sp³-hybridized carbons (Fsp3) is 0.348. The maximum absolute atomic E-state index is 12.3. The first-order valence-electron chi connectivity index (χ1n) is 10.0. The Hall–Kier alpha value is -2.66. The van der Waals surface area contributed by atoms with Crippen molar-refractivity contribution in [3.63, 3.8) is 0 Å². The van der Waals surface area contributed by atoms with E-state index in [0.717, 1.165) is 54.7 Å². The van der Waals surface area contributed by atoms with Crippen molar-refractivity contribution in [2.45, 2.75) is 44.4 Å². The molecule has 2 atom stereocenters. The number of fused-ring (bicyclic) bond motifs is 1. The molecule has 0 aliphatic heterocycles. The zero-order valence-corrected chi connectivity index (χ0v) is 17.3. The maximum atomic E-state index is 12.3. The van der Waals surface area contributed by atoms with Crippen molar-refractivity contribution in [3.8, 4) is 0 Å². The molecule has 3 aromatic rings. The highest BCUT2D eigenvalue weighted by Gasteiger charge is 2.41. The van der Waals surface area contributed by atoms with Crippen molar-refractivity contribution in [1.29, 1.82) is 0 Å². The molecule has 0 radical (unpaired) electrons. The molecule has 2 unspecified atom stereocenters. The van der Waals surface area contributed by atoms with Crippen LogP contribution in [0.15, 0.2) is 54.9 Å². The van der Waals surface area contributed by atoms with Gasteiger partial charge in [-0.2, -0.15) is 0 Å². The van der Waals surface area contributed by atoms with Gasteiger partial charge >= 0.3 is 0 Å². The number of nitrogens with zero attached hydrogens (tertiary/aromatic N) is 2. The number of halogens is 1. The predicted molar refractivity (Wildman–Crippen MR) is 116 cm³/mol. The predicted octanol–water partition coefficient (Wildman–Crippen LogP) is 5.39. The van der Waals surface area contributed by atoms with Crippen molar-refractivity contribution in [2.75, 3.05) is 0 Å². The molecule has 1 saturated carbocycles. The van der Waals surface area contributed by atoms with Gasteiger partial charge in [0.2, 0.25) is 0 Å². The summed E-state index contributed by atoms with van der Waals surface area (Å²) in [5.41, 5.74) is 3.11. The Labute approximate surface area is 175 Å². The van der Waals surface area contributed by atoms with Gasteiger partial charge in [0.25, 0.3) is 5.91 Å². The van der Waals surface area contributed by atoms with Gasteiger partial charge in [0.05, 0.1) is 11.0 Å². The van der Waals surface area contributed by atoms with Crippen LogP contribution in [-0.2, 0) is 5.41 Å². The highest BCUT2D eigenvalue weighted by atomic mass is 35.5. The Morgan fingerprint density at radius 2 is 2.24 bits per heavy atom. The van der Waals surface area contributed by atoms with E-state index >= 15 is 0 Å². The molecule has 1 aromatic carbocycles. The van der Waals surface area contributed by atoms with E-state index in [1.165, 1.54) is 0 Å². The number of H-pyrrole nitrogens is 1. The summed E-state index contributed by atoms with van der Waals surface area (Å²) in [4.78, 5) is 24.8. The molecule has 1 amide bonds. The van der Waals surface area contributed by atoms with Crippen molar-refractivity contribution in [1.82, 2.24) is 20.3 Å². The van der Waals surface area contributed by atoms with Crippen molar-refractivity contribution < 1.29 is 4.79 Å². The van der Waals surface area contributed by atoms with Crippen LogP contribution in [0.5, 0.6) is 0 Å². The minimum absolute atomic E-state index is 0.0292. The molecule has 0 spiro atoms. The minimum atomic E-state index is -0.204. The molecule has 0 bridgehead atoms. The minimum Gasteiger partial charge on any atom is -0.341 e. The third kappa shape index (κ3) is 4.06. The van der Waals surface area contributed by atoms with Gasteiger partial charge in [0.15, 0.2) is 0 Å². The maximum Gasteiger partial charge on any atom is 0.273 e. The van der Waals surface area contributed by atoms with Gasteiger partial charge in [-0.25, -0.2) is 4.98 Å². The van der Waals surface area contributed by atoms with Crippen LogP contribution in [0.2, 0.25) is 5.02 Å². The number of aromatic nitrogens is 3. The first-order valence-corrected chi connectivity index (χ1v) is 10.4. The van der Waals surface area contributed by atoms with Gasteiger partial charge in [0.1, 0.15) is 11.5 Å². The van der Waals surface area contributed by atoms with Gasteiger partial charge in [-0.05, 0) is 68.4 Å². The van der Waals surface area contributed by atoms with Crippen LogP contribution in [0.1, 0.15) is 55.3 Å². The SMILES string of the molecule is C=C(CC1CCC(CC)(c2nc3ccc(Cl)cc3[nH]2)C1)NC(=O)c1ccccn1. The lowest BCUT2D eigenvalue weighted by atomic mass is 9.81. The highest BCUT2D eigenvalue weighted by Crippen LogP contribution is 2.47. The fourth-order valence-corrected chi connectivity index (χ4v) is 4.64. The number of amides is 1. The van der Waals surface area contributed by atoms with E-state index in [0.29, 0.717) is 16.6 Å². The van der Waals surface area contributed by atoms with Gasteiger partial charge in [-0.3, -0.25) is 9.78 Å². The number of aromatic amines is 1. The van der Waals surface area contributed by atoms with Crippen LogP contribution in [0.4, 0.5) is 0 Å². The monoisotopic (exact) mass is 408 g/mol. The van der Waals surface area contributed by atoms with Crippen LogP contribution in [0.3, 0.4) is 0 Å². The third-order valence-electron chi connectivity index (χ3n) is 6.06. The molecule has 2 aromatic heterocycles. The zero-order chi connectivity index (χ0) is 20.4. The molecule has 5 nitrogen and oxygen atoms in total. The molecular formula is C23H25ClN4O. The molecule has 1 fully saturated rings. The lowest BCUT2D eigenvalue weighted by Gasteiger charge is -2.25. The molecule has 2 heterocycles. The second-order valence-corrected chi connectivity index (χ2v) is 8.40. The van der Waals surface area contributed by atoms with Gasteiger partial charge in [-0.15, -0.1) is 0 Å². The molecule has 2 N–H and O–H groups in total. The van der Waals surface area contributed by atoms with E-state index in [2.05, 4.69) is 28.8 Å². The Morgan fingerprint density at radius 3 is 3.00 bits per heavy atom. The lowest BCUT2D eigenvalue weighted by molar-refractivity contribution is 0.0959. The second-order valence-electron chi connectivity index (χ2n) is 7.97. The van der Waals surface area contributed by atoms with Crippen LogP contribution in [0.25, 0.3) is 11.0 Å². The number of imidazole rings is 1. The Morgan fingerprint density at radius 1 is 1.38 bits per heavy atom. The average Bonchev–Trinajstić information content (AvgIpc) is 3.33. The number of allylic oxidation sites excluding steroid dienone is 1. The normalized spacial score (nSPS) is 21.4. The summed E-state index contributed by atoms with van der Waals surface area (Å²) < 4.78 is 0. The molecule has 150 valence electrons. The first-order chi connectivity index (χ1) is 14.0. The number of hydrogen-bond donors (Lipinski definition) is 2. The largest absolute Gasteiger partial charge is 0.341 e. The number of carbonyl (C=O) groups excluding carboxylic acids is 1. The summed E-state index contributed by atoms with van der Waals surface area (Å²) in [6.45, 7) is 6.30. The molecular weight excluding hydrogens is 384 g/mol. The average molecular weight is 409 g/mol. The number of hydrogen-bond acceptors (Lipinski definition) is 3. The summed E-state index contributed by atoms with van der Waals surface area (Å²) in [6, 6.07) is 11.1. The molecule has 29 heavy (non-hydrogen) atoms. The molecule has 6 heteroatoms. The van der Waals surface area contributed by atoms with Gasteiger partial charge in [-0.1, -0.05) is 31.2 Å². The summed E-state index contributed by atoms with van der Waals surface area (Å²) >= 11 is 6.13. The summed E-state index contributed by atoms with van der Waals surface area (Å²) in [5, 5.41) is 3.61. The van der Waals surface area contributed by atoms with E-state index in [9.17, 15) is 4.79 Å². The van der Waals surface area contributed by atoms with Crippen molar-refractivity contribution in [3.05, 3.63) is 71.4 Å². The summed E-state index contributed by atoms with van der Waals surface area (Å²) in [6.07, 6.45) is 6.59. The van der Waals surface area contributed by atoms with E-state index in [4.69, 9.17) is 16.6 Å². The van der Waals surface area contributed by atoms with Crippen LogP contribution < -0.4 is 5.32 Å². The second kappa shape index (κ2) is 7.99. The number of rotatable bonds is 6. The van der Waals surface area contributed by atoms with E-state index in [1.807, 2.05) is 18.2 Å². The third-order valence-corrected chi connectivity index (χ3v) is 6.29. The molecule has 4 rings (SSSR count). The smallest absolute Gasteiger partial charge is 0.273 e. The Balaban J connectivity index is 1.43. The van der Waals surface area contributed by atoms with E-state index in [-0.39, 0.29) is 11.3 Å². The Bertz CT molecular complexity index is 1050.